The zero-order chi connectivity index (χ0) is 8.55. The van der Waals surface area contributed by atoms with Gasteiger partial charge in [-0.25, -0.2) is 0 Å². The zero-order valence-corrected chi connectivity index (χ0v) is 7.12. The molecule has 2 aliphatic rings. The maximum Gasteiger partial charge on any atom is 0.317 e. The Morgan fingerprint density at radius 2 is 2.33 bits per heavy atom. The molecule has 12 heavy (non-hydrogen) atoms. The fraction of sp³-hybridized carbons (Fsp3) is 0.889. The van der Waals surface area contributed by atoms with E-state index >= 15 is 0 Å². The van der Waals surface area contributed by atoms with E-state index in [1.807, 2.05) is 0 Å². The largest absolute Gasteiger partial charge is 0.480 e. The average Bonchev–Trinajstić information content (AvgIpc) is 2.68. The molecular weight excluding hydrogens is 154 g/mol. The van der Waals surface area contributed by atoms with Crippen LogP contribution in [-0.2, 0) is 4.79 Å². The second-order valence-electron chi connectivity index (χ2n) is 4.02. The fourth-order valence-electron chi connectivity index (χ4n) is 2.44. The summed E-state index contributed by atoms with van der Waals surface area (Å²) in [6.45, 7) is 1.03. The first-order valence-corrected chi connectivity index (χ1v) is 4.70. The highest BCUT2D eigenvalue weighted by Crippen LogP contribution is 2.54. The molecule has 0 heterocycles. The topological polar surface area (TPSA) is 49.3 Å². The number of nitrogens with one attached hydrogen (secondary N) is 1. The van der Waals surface area contributed by atoms with Gasteiger partial charge in [0.2, 0.25) is 0 Å². The van der Waals surface area contributed by atoms with Crippen LogP contribution in [0, 0.1) is 17.8 Å². The summed E-state index contributed by atoms with van der Waals surface area (Å²) in [5.74, 6) is 1.96. The van der Waals surface area contributed by atoms with Gasteiger partial charge in [0.15, 0.2) is 0 Å². The molecule has 68 valence electrons. The summed E-state index contributed by atoms with van der Waals surface area (Å²) in [6.07, 6.45) is 4.09. The van der Waals surface area contributed by atoms with Crippen LogP contribution in [0.15, 0.2) is 0 Å². The molecule has 0 aromatic carbocycles. The molecule has 0 saturated heterocycles. The van der Waals surface area contributed by atoms with Crippen molar-refractivity contribution in [2.45, 2.75) is 19.3 Å². The quantitative estimate of drug-likeness (QED) is 0.651. The highest BCUT2D eigenvalue weighted by molar-refractivity contribution is 5.68. The summed E-state index contributed by atoms with van der Waals surface area (Å²) in [4.78, 5) is 10.2. The summed E-state index contributed by atoms with van der Waals surface area (Å²) >= 11 is 0. The van der Waals surface area contributed by atoms with Gasteiger partial charge in [-0.3, -0.25) is 4.79 Å². The van der Waals surface area contributed by atoms with Gasteiger partial charge in [0.1, 0.15) is 0 Å². The first-order valence-electron chi connectivity index (χ1n) is 4.70. The molecule has 3 heteroatoms. The molecule has 2 saturated carbocycles. The monoisotopic (exact) mass is 169 g/mol. The predicted octanol–water partition coefficient (Wildman–Crippen LogP) is 0.707. The Bertz CT molecular complexity index is 193. The Morgan fingerprint density at radius 3 is 2.83 bits per heavy atom. The van der Waals surface area contributed by atoms with Crippen LogP contribution in [-0.4, -0.2) is 24.2 Å². The van der Waals surface area contributed by atoms with Crippen molar-refractivity contribution in [3.05, 3.63) is 0 Å². The van der Waals surface area contributed by atoms with E-state index in [4.69, 9.17) is 5.11 Å². The number of carboxylic acid groups (broad SMARTS) is 1. The SMILES string of the molecule is O=C(O)CNC[C@@H]1CC[C@H]2CC12. The lowest BCUT2D eigenvalue weighted by atomic mass is 10.0. The molecule has 2 fully saturated rings. The van der Waals surface area contributed by atoms with Crippen LogP contribution in [0.3, 0.4) is 0 Å². The van der Waals surface area contributed by atoms with E-state index < -0.39 is 5.97 Å². The van der Waals surface area contributed by atoms with Gasteiger partial charge in [-0.05, 0) is 43.6 Å². The van der Waals surface area contributed by atoms with Gasteiger partial charge in [-0.1, -0.05) is 0 Å². The molecule has 0 amide bonds. The first-order chi connectivity index (χ1) is 5.77. The Balaban J connectivity index is 1.63. The molecular formula is C9H15NO2. The smallest absolute Gasteiger partial charge is 0.317 e. The lowest BCUT2D eigenvalue weighted by molar-refractivity contribution is -0.136. The van der Waals surface area contributed by atoms with Crippen molar-refractivity contribution < 1.29 is 9.90 Å². The first kappa shape index (κ1) is 8.05. The number of carbonyl (C=O) groups is 1. The molecule has 3 atom stereocenters. The van der Waals surface area contributed by atoms with Crippen molar-refractivity contribution in [1.82, 2.24) is 5.32 Å². The summed E-state index contributed by atoms with van der Waals surface area (Å²) in [6, 6.07) is 0. The Kier molecular flexibility index (Phi) is 2.05. The molecule has 0 spiro atoms. The van der Waals surface area contributed by atoms with Crippen molar-refractivity contribution in [1.29, 1.82) is 0 Å². The third-order valence-electron chi connectivity index (χ3n) is 3.17. The van der Waals surface area contributed by atoms with Crippen LogP contribution in [0.4, 0.5) is 0 Å². The normalized spacial score (nSPS) is 37.8. The highest BCUT2D eigenvalue weighted by Gasteiger charge is 2.47. The molecule has 2 rings (SSSR count). The predicted molar refractivity (Wildman–Crippen MR) is 44.8 cm³/mol. The van der Waals surface area contributed by atoms with Gasteiger partial charge in [-0.15, -0.1) is 0 Å². The Labute approximate surface area is 72.2 Å². The molecule has 0 radical (unpaired) electrons. The van der Waals surface area contributed by atoms with Crippen molar-refractivity contribution in [2.24, 2.45) is 17.8 Å². The van der Waals surface area contributed by atoms with Gasteiger partial charge in [0.25, 0.3) is 0 Å². The van der Waals surface area contributed by atoms with E-state index in [1.165, 1.54) is 19.3 Å². The third kappa shape index (κ3) is 1.61. The molecule has 0 aromatic heterocycles. The van der Waals surface area contributed by atoms with Crippen molar-refractivity contribution in [3.8, 4) is 0 Å². The number of aliphatic carboxylic acids is 1. The number of hydrogen-bond donors (Lipinski definition) is 2. The third-order valence-corrected chi connectivity index (χ3v) is 3.17. The van der Waals surface area contributed by atoms with Crippen LogP contribution in [0.25, 0.3) is 0 Å². The fourth-order valence-corrected chi connectivity index (χ4v) is 2.44. The van der Waals surface area contributed by atoms with Crippen LogP contribution in [0.2, 0.25) is 0 Å². The van der Waals surface area contributed by atoms with Gasteiger partial charge in [0, 0.05) is 0 Å². The van der Waals surface area contributed by atoms with E-state index in [2.05, 4.69) is 5.32 Å². The minimum atomic E-state index is -0.750. The summed E-state index contributed by atoms with van der Waals surface area (Å²) in [5.41, 5.74) is 0. The van der Waals surface area contributed by atoms with Crippen LogP contribution >= 0.6 is 0 Å². The summed E-state index contributed by atoms with van der Waals surface area (Å²) in [7, 11) is 0. The van der Waals surface area contributed by atoms with Crippen molar-refractivity contribution in [2.75, 3.05) is 13.1 Å². The zero-order valence-electron chi connectivity index (χ0n) is 7.12. The van der Waals surface area contributed by atoms with E-state index in [9.17, 15) is 4.79 Å². The summed E-state index contributed by atoms with van der Waals surface area (Å²) < 4.78 is 0. The Hall–Kier alpha value is -0.570. The number of carboxylic acids is 1. The highest BCUT2D eigenvalue weighted by atomic mass is 16.4. The molecule has 3 nitrogen and oxygen atoms in total. The van der Waals surface area contributed by atoms with Crippen LogP contribution in [0.1, 0.15) is 19.3 Å². The van der Waals surface area contributed by atoms with Gasteiger partial charge < -0.3 is 10.4 Å². The number of rotatable bonds is 4. The second-order valence-corrected chi connectivity index (χ2v) is 4.02. The van der Waals surface area contributed by atoms with E-state index in [0.717, 1.165) is 24.3 Å². The molecule has 0 bridgehead atoms. The van der Waals surface area contributed by atoms with Crippen LogP contribution in [0.5, 0.6) is 0 Å². The van der Waals surface area contributed by atoms with E-state index in [-0.39, 0.29) is 6.54 Å². The maximum absolute atomic E-state index is 10.2. The molecule has 2 aliphatic carbocycles. The van der Waals surface area contributed by atoms with Gasteiger partial charge in [0.05, 0.1) is 6.54 Å². The van der Waals surface area contributed by atoms with Crippen molar-refractivity contribution >= 4 is 5.97 Å². The Morgan fingerprint density at radius 1 is 1.50 bits per heavy atom. The lowest BCUT2D eigenvalue weighted by Gasteiger charge is -2.10. The standard InChI is InChI=1S/C9H15NO2/c11-9(12)5-10-4-7-2-1-6-3-8(6)7/h6-8,10H,1-5H2,(H,11,12)/t6-,7-,8?/m0/s1. The minimum Gasteiger partial charge on any atom is -0.480 e. The second kappa shape index (κ2) is 3.05. The molecule has 1 unspecified atom stereocenters. The van der Waals surface area contributed by atoms with Crippen LogP contribution < -0.4 is 5.32 Å². The van der Waals surface area contributed by atoms with E-state index in [0.29, 0.717) is 0 Å². The van der Waals surface area contributed by atoms with E-state index in [1.54, 1.807) is 0 Å². The lowest BCUT2D eigenvalue weighted by Crippen LogP contribution is -2.28. The maximum atomic E-state index is 10.2. The average molecular weight is 169 g/mol. The minimum absolute atomic E-state index is 0.119. The number of hydrogen-bond acceptors (Lipinski definition) is 2. The van der Waals surface area contributed by atoms with Gasteiger partial charge >= 0.3 is 5.97 Å². The molecule has 0 aliphatic heterocycles. The summed E-state index contributed by atoms with van der Waals surface area (Å²) in [5, 5.41) is 11.4. The van der Waals surface area contributed by atoms with Crippen molar-refractivity contribution in [3.63, 3.8) is 0 Å². The molecule has 2 N–H and O–H groups in total. The number of fused-ring (bicyclic) bond motifs is 1. The van der Waals surface area contributed by atoms with Gasteiger partial charge in [-0.2, -0.15) is 0 Å². The molecule has 0 aromatic rings.